The van der Waals surface area contributed by atoms with Crippen LogP contribution in [0.15, 0.2) is 0 Å². The molecule has 81 heavy (non-hydrogen) atoms. The van der Waals surface area contributed by atoms with Crippen LogP contribution in [0, 0.1) is 0 Å². The van der Waals surface area contributed by atoms with Crippen molar-refractivity contribution < 1.29 is 89.9 Å². The van der Waals surface area contributed by atoms with E-state index in [1.165, 1.54) is 154 Å². The minimum atomic E-state index is -1.46. The zero-order chi connectivity index (χ0) is 60.2. The molecule has 3 saturated heterocycles. The van der Waals surface area contributed by atoms with E-state index in [4.69, 9.17) is 29.5 Å². The SMILES string of the molecule is CCCCCCCCCCCC(=O)N[C@H]1C(O)O[C@H](CO)[C@@H](O)[C@@H]1O.CCCCCCCCCCCCCC(=O)N[C@H]1C(O)O[C@H](CO)[C@@H](O)[C@@H]1O.CCCCCCCCCCCCCCCC(=O)N[C@H]1C(O)O[C@H](CO)[C@@H](O)[C@@H]1O. The van der Waals surface area contributed by atoms with Gasteiger partial charge in [0.25, 0.3) is 0 Å². The van der Waals surface area contributed by atoms with E-state index < -0.39 is 112 Å². The lowest BCUT2D eigenvalue weighted by molar-refractivity contribution is -0.253. The van der Waals surface area contributed by atoms with E-state index >= 15 is 0 Å². The van der Waals surface area contributed by atoms with Gasteiger partial charge in [-0.1, -0.05) is 213 Å². The monoisotopic (exact) mass is 1170 g/mol. The number of aliphatic hydroxyl groups is 12. The quantitative estimate of drug-likeness (QED) is 0.0365. The highest BCUT2D eigenvalue weighted by atomic mass is 16.6. The molecule has 3 heterocycles. The lowest BCUT2D eigenvalue weighted by atomic mass is 9.97. The first-order valence-electron chi connectivity index (χ1n) is 31.8. The maximum atomic E-state index is 12.0. The Morgan fingerprint density at radius 3 is 0.630 bits per heavy atom. The molecule has 21 heteroatoms. The highest BCUT2D eigenvalue weighted by molar-refractivity contribution is 5.77. The van der Waals surface area contributed by atoms with Gasteiger partial charge >= 0.3 is 0 Å². The molecule has 3 fully saturated rings. The van der Waals surface area contributed by atoms with Crippen molar-refractivity contribution in [3.63, 3.8) is 0 Å². The van der Waals surface area contributed by atoms with Gasteiger partial charge in [0.05, 0.1) is 19.8 Å². The predicted octanol–water partition coefficient (Wildman–Crippen LogP) is 4.81. The molecule has 0 aliphatic carbocycles. The van der Waals surface area contributed by atoms with Crippen LogP contribution < -0.4 is 16.0 Å². The number of ether oxygens (including phenoxy) is 3. The summed E-state index contributed by atoms with van der Waals surface area (Å²) in [6, 6.07) is -3.28. The van der Waals surface area contributed by atoms with Crippen LogP contribution in [-0.2, 0) is 28.6 Å². The van der Waals surface area contributed by atoms with Gasteiger partial charge < -0.3 is 91.4 Å². The normalized spacial score (nSPS) is 28.3. The van der Waals surface area contributed by atoms with Crippen molar-refractivity contribution in [3.8, 4) is 0 Å². The maximum absolute atomic E-state index is 12.0. The molecular formula is C60H117N3O18. The second kappa shape index (κ2) is 49.0. The molecule has 3 aliphatic heterocycles. The average Bonchev–Trinajstić information content (AvgIpc) is 3.47. The summed E-state index contributed by atoms with van der Waals surface area (Å²) in [6.45, 7) is 5.11. The molecule has 0 aromatic rings. The number of aliphatic hydroxyl groups excluding tert-OH is 12. The van der Waals surface area contributed by atoms with Gasteiger partial charge in [0, 0.05) is 19.3 Å². The minimum absolute atomic E-state index is 0.283. The molecule has 3 rings (SSSR count). The molecule has 15 atom stereocenters. The number of carbonyl (C=O) groups is 3. The Morgan fingerprint density at radius 2 is 0.457 bits per heavy atom. The summed E-state index contributed by atoms with van der Waals surface area (Å²) >= 11 is 0. The lowest BCUT2D eigenvalue weighted by Gasteiger charge is -2.40. The zero-order valence-corrected chi connectivity index (χ0v) is 50.1. The van der Waals surface area contributed by atoms with Crippen molar-refractivity contribution in [2.75, 3.05) is 19.8 Å². The van der Waals surface area contributed by atoms with Crippen molar-refractivity contribution in [1.82, 2.24) is 16.0 Å². The molecule has 0 aromatic heterocycles. The van der Waals surface area contributed by atoms with Gasteiger partial charge in [-0.05, 0) is 19.3 Å². The van der Waals surface area contributed by atoms with E-state index in [0.29, 0.717) is 19.3 Å². The topological polar surface area (TPSA) is 358 Å². The summed E-state index contributed by atoms with van der Waals surface area (Å²) in [5.74, 6) is -0.856. The molecule has 3 unspecified atom stereocenters. The Hall–Kier alpha value is -2.19. The van der Waals surface area contributed by atoms with Gasteiger partial charge in [-0.15, -0.1) is 0 Å². The van der Waals surface area contributed by atoms with Crippen LogP contribution in [0.1, 0.15) is 252 Å². The predicted molar refractivity (Wildman–Crippen MR) is 309 cm³/mol. The van der Waals surface area contributed by atoms with Crippen molar-refractivity contribution >= 4 is 17.7 Å². The van der Waals surface area contributed by atoms with E-state index in [0.717, 1.165) is 57.8 Å². The summed E-state index contributed by atoms with van der Waals surface area (Å²) in [4.78, 5) is 36.0. The maximum Gasteiger partial charge on any atom is 0.220 e. The molecule has 0 aromatic carbocycles. The van der Waals surface area contributed by atoms with Crippen LogP contribution in [-0.4, -0.2) is 191 Å². The highest BCUT2D eigenvalue weighted by Gasteiger charge is 2.46. The number of carbonyl (C=O) groups excluding carboxylic acids is 3. The molecule has 3 aliphatic rings. The van der Waals surface area contributed by atoms with Crippen LogP contribution in [0.25, 0.3) is 0 Å². The molecule has 0 bridgehead atoms. The smallest absolute Gasteiger partial charge is 0.220 e. The zero-order valence-electron chi connectivity index (χ0n) is 50.1. The number of hydrogen-bond donors (Lipinski definition) is 15. The van der Waals surface area contributed by atoms with Gasteiger partial charge in [-0.3, -0.25) is 14.4 Å². The molecule has 15 N–H and O–H groups in total. The third kappa shape index (κ3) is 33.9. The first-order chi connectivity index (χ1) is 39.0. The Kier molecular flexibility index (Phi) is 46.5. The van der Waals surface area contributed by atoms with Gasteiger partial charge in [0.1, 0.15) is 73.1 Å². The summed E-state index contributed by atoms with van der Waals surface area (Å²) < 4.78 is 15.1. The van der Waals surface area contributed by atoms with Crippen LogP contribution in [0.2, 0.25) is 0 Å². The Bertz CT molecular complexity index is 1530. The first kappa shape index (κ1) is 76.8. The van der Waals surface area contributed by atoms with Crippen molar-refractivity contribution in [2.45, 2.75) is 344 Å². The first-order valence-corrected chi connectivity index (χ1v) is 31.8. The van der Waals surface area contributed by atoms with Crippen molar-refractivity contribution in [1.29, 1.82) is 0 Å². The number of unbranched alkanes of at least 4 members (excludes halogenated alkanes) is 30. The summed E-state index contributed by atoms with van der Waals surface area (Å²) in [5.41, 5.74) is 0. The van der Waals surface area contributed by atoms with Gasteiger partial charge in [0.15, 0.2) is 18.9 Å². The number of nitrogens with one attached hydrogen (secondary N) is 3. The van der Waals surface area contributed by atoms with Crippen LogP contribution in [0.5, 0.6) is 0 Å². The summed E-state index contributed by atoms with van der Waals surface area (Å²) in [6.07, 6.45) is 24.8. The molecule has 3 amide bonds. The Morgan fingerprint density at radius 1 is 0.284 bits per heavy atom. The molecule has 0 radical (unpaired) electrons. The fourth-order valence-corrected chi connectivity index (χ4v) is 10.4. The summed E-state index contributed by atoms with van der Waals surface area (Å²) in [5, 5.41) is 124. The van der Waals surface area contributed by atoms with Gasteiger partial charge in [-0.2, -0.15) is 0 Å². The van der Waals surface area contributed by atoms with Crippen molar-refractivity contribution in [3.05, 3.63) is 0 Å². The average molecular weight is 1170 g/mol. The Labute approximate surface area is 485 Å². The lowest BCUT2D eigenvalue weighted by Crippen LogP contribution is -2.64. The highest BCUT2D eigenvalue weighted by Crippen LogP contribution is 2.24. The summed E-state index contributed by atoms with van der Waals surface area (Å²) in [7, 11) is 0. The number of amides is 3. The van der Waals surface area contributed by atoms with E-state index in [1.54, 1.807) is 0 Å². The third-order valence-electron chi connectivity index (χ3n) is 15.7. The largest absolute Gasteiger partial charge is 0.394 e. The van der Waals surface area contributed by atoms with E-state index in [-0.39, 0.29) is 17.7 Å². The molecule has 0 spiro atoms. The van der Waals surface area contributed by atoms with Crippen LogP contribution >= 0.6 is 0 Å². The van der Waals surface area contributed by atoms with E-state index in [9.17, 15) is 60.3 Å². The molecular weight excluding hydrogens is 1050 g/mol. The van der Waals surface area contributed by atoms with Crippen LogP contribution in [0.3, 0.4) is 0 Å². The number of rotatable bonds is 42. The molecule has 21 nitrogen and oxygen atoms in total. The fraction of sp³-hybridized carbons (Fsp3) is 0.950. The fourth-order valence-electron chi connectivity index (χ4n) is 10.4. The van der Waals surface area contributed by atoms with Crippen LogP contribution in [0.4, 0.5) is 0 Å². The minimum Gasteiger partial charge on any atom is -0.394 e. The molecule has 480 valence electrons. The van der Waals surface area contributed by atoms with E-state index in [1.807, 2.05) is 0 Å². The second-order valence-corrected chi connectivity index (χ2v) is 22.8. The van der Waals surface area contributed by atoms with E-state index in [2.05, 4.69) is 36.7 Å². The standard InChI is InChI=1S/C22H43NO6.C20H39NO6.C18H35NO6/c1-2-3-4-5-6-7-8-9-10-11-12-13-14-15-18(25)23-19-21(27)20(26)17(16-24)29-22(19)28;1-2-3-4-5-6-7-8-9-10-11-12-13-16(23)21-17-19(25)18(24)15(14-22)27-20(17)26;1-2-3-4-5-6-7-8-9-10-11-14(21)19-15-17(23)16(22)13(12-20)25-18(15)24/h17,19-22,24,26-28H,2-16H2,1H3,(H,23,25);15,17-20,22,24-26H,2-14H2,1H3,(H,21,23);13,15-18,20,22-24H,2-12H2,1H3,(H,19,21)/t17-,19-,20-,21-,22?;15-,17-,18-,19-,20?;13-,15-,16-,17-,18?/m111/s1. The number of hydrogen-bond acceptors (Lipinski definition) is 18. The van der Waals surface area contributed by atoms with Gasteiger partial charge in [0.2, 0.25) is 17.7 Å². The van der Waals surface area contributed by atoms with Crippen molar-refractivity contribution in [2.24, 2.45) is 0 Å². The molecule has 0 saturated carbocycles. The second-order valence-electron chi connectivity index (χ2n) is 22.8. The Balaban J connectivity index is 0.000000609. The third-order valence-corrected chi connectivity index (χ3v) is 15.7. The van der Waals surface area contributed by atoms with Gasteiger partial charge in [-0.25, -0.2) is 0 Å².